The number of hydrogen-bond donors (Lipinski definition) is 2. The number of anilines is 1. The smallest absolute Gasteiger partial charge is 0.416 e. The molecule has 166 valence electrons. The van der Waals surface area contributed by atoms with Gasteiger partial charge >= 0.3 is 6.18 Å². The van der Waals surface area contributed by atoms with Gasteiger partial charge in [-0.05, 0) is 63.5 Å². The van der Waals surface area contributed by atoms with E-state index >= 15 is 0 Å². The summed E-state index contributed by atoms with van der Waals surface area (Å²) in [5.74, 6) is 0.312. The van der Waals surface area contributed by atoms with Gasteiger partial charge in [0.25, 0.3) is 5.78 Å². The molecule has 10 heteroatoms. The van der Waals surface area contributed by atoms with Gasteiger partial charge in [-0.3, -0.25) is 0 Å². The van der Waals surface area contributed by atoms with Crippen molar-refractivity contribution in [1.82, 2.24) is 24.5 Å². The van der Waals surface area contributed by atoms with Crippen LogP contribution >= 0.6 is 0 Å². The first-order valence-corrected chi connectivity index (χ1v) is 10.3. The summed E-state index contributed by atoms with van der Waals surface area (Å²) in [7, 11) is 0. The number of benzene rings is 1. The molecule has 3 aromatic rings. The molecule has 1 atom stereocenters. The summed E-state index contributed by atoms with van der Waals surface area (Å²) in [6, 6.07) is 3.66. The number of piperidine rings is 1. The van der Waals surface area contributed by atoms with E-state index in [-0.39, 0.29) is 17.2 Å². The van der Waals surface area contributed by atoms with E-state index in [1.807, 2.05) is 6.92 Å². The Morgan fingerprint density at radius 3 is 2.65 bits per heavy atom. The van der Waals surface area contributed by atoms with Crippen LogP contribution in [-0.2, 0) is 6.18 Å². The number of halogens is 3. The number of aromatic hydroxyl groups is 1. The van der Waals surface area contributed by atoms with Crippen LogP contribution in [0.2, 0.25) is 0 Å². The number of phenols is 1. The molecule has 0 spiro atoms. The Labute approximate surface area is 177 Å². The standard InChI is InChI=1S/C21H25F3N6O/c1-4-29-7-5-6-15(11-29)25-19-27-20-26-16(9-13(3)30(20)28-19)18-12(2)8-14(10-17(18)31)21(22,23)24/h8-10,15,31H,4-7,11H2,1-3H3,(H,25,28)/t15-/m1/s1. The molecule has 4 rings (SSSR count). The zero-order valence-corrected chi connectivity index (χ0v) is 17.7. The van der Waals surface area contributed by atoms with E-state index in [4.69, 9.17) is 0 Å². The third-order valence-electron chi connectivity index (χ3n) is 5.67. The normalized spacial score (nSPS) is 17.9. The highest BCUT2D eigenvalue weighted by atomic mass is 19.4. The highest BCUT2D eigenvalue weighted by Gasteiger charge is 2.32. The Hall–Kier alpha value is -2.88. The second kappa shape index (κ2) is 7.99. The van der Waals surface area contributed by atoms with Crippen molar-refractivity contribution in [2.75, 3.05) is 25.0 Å². The minimum atomic E-state index is -4.53. The maximum Gasteiger partial charge on any atom is 0.416 e. The predicted molar refractivity (Wildman–Crippen MR) is 111 cm³/mol. The molecule has 1 aliphatic rings. The van der Waals surface area contributed by atoms with E-state index in [2.05, 4.69) is 32.2 Å². The number of likely N-dealkylation sites (tertiary alicyclic amines) is 1. The van der Waals surface area contributed by atoms with E-state index in [0.717, 1.165) is 44.6 Å². The molecule has 0 saturated carbocycles. The molecule has 2 N–H and O–H groups in total. The second-order valence-corrected chi connectivity index (χ2v) is 7.99. The van der Waals surface area contributed by atoms with Crippen LogP contribution in [0.3, 0.4) is 0 Å². The number of phenolic OH excluding ortho intramolecular Hbond substituents is 1. The van der Waals surface area contributed by atoms with E-state index in [0.29, 0.717) is 23.1 Å². The van der Waals surface area contributed by atoms with Crippen LogP contribution in [0.15, 0.2) is 18.2 Å². The fraction of sp³-hybridized carbons (Fsp3) is 0.476. The zero-order chi connectivity index (χ0) is 22.3. The third kappa shape index (κ3) is 4.30. The highest BCUT2D eigenvalue weighted by molar-refractivity contribution is 5.72. The topological polar surface area (TPSA) is 78.6 Å². The molecule has 1 fully saturated rings. The van der Waals surface area contributed by atoms with Crippen molar-refractivity contribution < 1.29 is 18.3 Å². The van der Waals surface area contributed by atoms with Gasteiger partial charge in [0.1, 0.15) is 5.75 Å². The van der Waals surface area contributed by atoms with Crippen LogP contribution in [0.1, 0.15) is 36.6 Å². The Kier molecular flexibility index (Phi) is 5.50. The summed E-state index contributed by atoms with van der Waals surface area (Å²) in [6.07, 6.45) is -2.40. The summed E-state index contributed by atoms with van der Waals surface area (Å²) in [5, 5.41) is 18.2. The van der Waals surface area contributed by atoms with Gasteiger partial charge in [0.15, 0.2) is 0 Å². The molecule has 3 heterocycles. The van der Waals surface area contributed by atoms with Gasteiger partial charge in [-0.25, -0.2) is 4.98 Å². The lowest BCUT2D eigenvalue weighted by molar-refractivity contribution is -0.137. The number of aryl methyl sites for hydroxylation is 2. The Balaban J connectivity index is 1.67. The molecule has 1 saturated heterocycles. The SMILES string of the molecule is CCN1CCC[C@@H](Nc2nc3nc(-c4c(C)cc(C(F)(F)F)cc4O)cc(C)n3n2)C1. The largest absolute Gasteiger partial charge is 0.507 e. The van der Waals surface area contributed by atoms with Crippen molar-refractivity contribution in [3.8, 4) is 17.0 Å². The van der Waals surface area contributed by atoms with Crippen molar-refractivity contribution >= 4 is 11.7 Å². The molecule has 1 aliphatic heterocycles. The summed E-state index contributed by atoms with van der Waals surface area (Å²) in [5.41, 5.74) is 0.692. The average molecular weight is 434 g/mol. The molecule has 0 bridgehead atoms. The van der Waals surface area contributed by atoms with Gasteiger partial charge < -0.3 is 15.3 Å². The summed E-state index contributed by atoms with van der Waals surface area (Å²) in [4.78, 5) is 11.3. The first-order chi connectivity index (χ1) is 14.7. The van der Waals surface area contributed by atoms with E-state index < -0.39 is 17.5 Å². The third-order valence-corrected chi connectivity index (χ3v) is 5.67. The minimum absolute atomic E-state index is 0.243. The number of fused-ring (bicyclic) bond motifs is 1. The zero-order valence-electron chi connectivity index (χ0n) is 17.7. The molecule has 7 nitrogen and oxygen atoms in total. The number of rotatable bonds is 4. The molecule has 0 unspecified atom stereocenters. The van der Waals surface area contributed by atoms with Crippen molar-refractivity contribution in [2.24, 2.45) is 0 Å². The number of alkyl halides is 3. The van der Waals surface area contributed by atoms with Crippen LogP contribution in [0.25, 0.3) is 17.0 Å². The number of likely N-dealkylation sites (N-methyl/N-ethyl adjacent to an activating group) is 1. The second-order valence-electron chi connectivity index (χ2n) is 7.99. The van der Waals surface area contributed by atoms with Crippen molar-refractivity contribution in [3.05, 3.63) is 35.0 Å². The molecule has 0 aliphatic carbocycles. The van der Waals surface area contributed by atoms with Crippen LogP contribution in [0.4, 0.5) is 19.1 Å². The minimum Gasteiger partial charge on any atom is -0.507 e. The number of aromatic nitrogens is 4. The Morgan fingerprint density at radius 1 is 1.19 bits per heavy atom. The predicted octanol–water partition coefficient (Wildman–Crippen LogP) is 4.03. The van der Waals surface area contributed by atoms with Gasteiger partial charge in [0.2, 0.25) is 5.95 Å². The lowest BCUT2D eigenvalue weighted by Crippen LogP contribution is -2.42. The molecular formula is C21H25F3N6O. The van der Waals surface area contributed by atoms with Crippen LogP contribution < -0.4 is 5.32 Å². The lowest BCUT2D eigenvalue weighted by Gasteiger charge is -2.31. The lowest BCUT2D eigenvalue weighted by atomic mass is 10.00. The van der Waals surface area contributed by atoms with E-state index in [9.17, 15) is 18.3 Å². The van der Waals surface area contributed by atoms with Gasteiger partial charge in [-0.2, -0.15) is 22.7 Å². The first-order valence-electron chi connectivity index (χ1n) is 10.3. The van der Waals surface area contributed by atoms with E-state index in [1.165, 1.54) is 6.92 Å². The quantitative estimate of drug-likeness (QED) is 0.646. The van der Waals surface area contributed by atoms with Gasteiger partial charge in [-0.1, -0.05) is 6.92 Å². The van der Waals surface area contributed by atoms with E-state index in [1.54, 1.807) is 10.6 Å². The monoisotopic (exact) mass is 434 g/mol. The average Bonchev–Trinajstić information content (AvgIpc) is 3.10. The fourth-order valence-electron chi connectivity index (χ4n) is 4.11. The number of nitrogens with one attached hydrogen (secondary N) is 1. The summed E-state index contributed by atoms with van der Waals surface area (Å²) >= 11 is 0. The molecule has 1 aromatic carbocycles. The summed E-state index contributed by atoms with van der Waals surface area (Å²) < 4.78 is 40.7. The molecule has 0 amide bonds. The number of nitrogens with zero attached hydrogens (tertiary/aromatic N) is 5. The first kappa shape index (κ1) is 21.4. The maximum absolute atomic E-state index is 13.0. The maximum atomic E-state index is 13.0. The van der Waals surface area contributed by atoms with Crippen LogP contribution in [0.5, 0.6) is 5.75 Å². The molecule has 31 heavy (non-hydrogen) atoms. The Bertz CT molecular complexity index is 1090. The van der Waals surface area contributed by atoms with Crippen molar-refractivity contribution in [2.45, 2.75) is 45.8 Å². The highest BCUT2D eigenvalue weighted by Crippen LogP contribution is 2.38. The molecule has 0 radical (unpaired) electrons. The number of hydrogen-bond acceptors (Lipinski definition) is 6. The van der Waals surface area contributed by atoms with Crippen molar-refractivity contribution in [3.63, 3.8) is 0 Å². The molecular weight excluding hydrogens is 409 g/mol. The van der Waals surface area contributed by atoms with Crippen LogP contribution in [0, 0.1) is 13.8 Å². The fourth-order valence-corrected chi connectivity index (χ4v) is 4.11. The molecule has 2 aromatic heterocycles. The van der Waals surface area contributed by atoms with Gasteiger partial charge in [-0.15, -0.1) is 5.10 Å². The summed E-state index contributed by atoms with van der Waals surface area (Å²) in [6.45, 7) is 8.47. The van der Waals surface area contributed by atoms with Crippen molar-refractivity contribution in [1.29, 1.82) is 0 Å². The van der Waals surface area contributed by atoms with Gasteiger partial charge in [0.05, 0.1) is 11.3 Å². The van der Waals surface area contributed by atoms with Gasteiger partial charge in [0, 0.05) is 23.8 Å². The Morgan fingerprint density at radius 2 is 1.97 bits per heavy atom. The van der Waals surface area contributed by atoms with Crippen LogP contribution in [-0.4, -0.2) is 55.3 Å².